The monoisotopic (exact) mass is 277 g/mol. The Balaban J connectivity index is 2.14. The van der Waals surface area contributed by atoms with Crippen LogP contribution in [0.5, 0.6) is 5.75 Å². The Kier molecular flexibility index (Phi) is 5.38. The molecule has 1 aliphatic heterocycles. The number of rotatable bonds is 5. The number of hydrogen-bond donors (Lipinski definition) is 1. The Morgan fingerprint density at radius 2 is 2.25 bits per heavy atom. The van der Waals surface area contributed by atoms with Crippen LogP contribution in [0.3, 0.4) is 0 Å². The molecule has 2 rings (SSSR count). The van der Waals surface area contributed by atoms with Gasteiger partial charge in [0.25, 0.3) is 0 Å². The van der Waals surface area contributed by atoms with Crippen molar-refractivity contribution in [1.82, 2.24) is 15.2 Å². The minimum atomic E-state index is 0.627. The molecule has 0 aliphatic carbocycles. The van der Waals surface area contributed by atoms with Crippen molar-refractivity contribution in [3.8, 4) is 5.75 Å². The van der Waals surface area contributed by atoms with Crippen molar-refractivity contribution in [3.63, 3.8) is 0 Å². The van der Waals surface area contributed by atoms with Crippen molar-refractivity contribution in [2.45, 2.75) is 46.2 Å². The molecule has 2 heterocycles. The van der Waals surface area contributed by atoms with Crippen LogP contribution < -0.4 is 10.1 Å². The van der Waals surface area contributed by atoms with Gasteiger partial charge in [-0.3, -0.25) is 9.88 Å². The van der Waals surface area contributed by atoms with Gasteiger partial charge in [0.2, 0.25) is 0 Å². The molecule has 112 valence electrons. The number of piperidine rings is 1. The highest BCUT2D eigenvalue weighted by atomic mass is 16.5. The zero-order chi connectivity index (χ0) is 14.5. The van der Waals surface area contributed by atoms with Crippen molar-refractivity contribution in [3.05, 3.63) is 23.0 Å². The van der Waals surface area contributed by atoms with E-state index in [0.29, 0.717) is 6.04 Å². The summed E-state index contributed by atoms with van der Waals surface area (Å²) < 4.78 is 5.51. The Morgan fingerprint density at radius 3 is 2.85 bits per heavy atom. The lowest BCUT2D eigenvalue weighted by atomic mass is 10.0. The van der Waals surface area contributed by atoms with E-state index in [9.17, 15) is 0 Å². The summed E-state index contributed by atoms with van der Waals surface area (Å²) in [6, 6.07) is 0.627. The van der Waals surface area contributed by atoms with Gasteiger partial charge in [-0.1, -0.05) is 6.92 Å². The molecule has 1 atom stereocenters. The van der Waals surface area contributed by atoms with Crippen molar-refractivity contribution >= 4 is 0 Å². The highest BCUT2D eigenvalue weighted by Crippen LogP contribution is 2.25. The number of nitrogens with zero attached hydrogens (tertiary/aromatic N) is 2. The number of likely N-dealkylation sites (N-methyl/N-ethyl adjacent to an activating group) is 1. The summed E-state index contributed by atoms with van der Waals surface area (Å²) in [5, 5.41) is 3.49. The number of methoxy groups -OCH3 is 1. The zero-order valence-electron chi connectivity index (χ0n) is 13.2. The number of nitrogens with one attached hydrogen (secondary N) is 1. The maximum Gasteiger partial charge on any atom is 0.128 e. The third-order valence-electron chi connectivity index (χ3n) is 4.30. The summed E-state index contributed by atoms with van der Waals surface area (Å²) in [5.74, 6) is 0.979. The molecule has 0 spiro atoms. The van der Waals surface area contributed by atoms with Gasteiger partial charge in [0.05, 0.1) is 12.8 Å². The first kappa shape index (κ1) is 15.3. The van der Waals surface area contributed by atoms with Crippen LogP contribution in [0.1, 0.15) is 36.6 Å². The minimum absolute atomic E-state index is 0.627. The lowest BCUT2D eigenvalue weighted by Gasteiger charge is -2.34. The first-order chi connectivity index (χ1) is 9.67. The molecule has 0 aromatic carbocycles. The quantitative estimate of drug-likeness (QED) is 0.896. The molecule has 1 aromatic heterocycles. The lowest BCUT2D eigenvalue weighted by Crippen LogP contribution is -2.45. The van der Waals surface area contributed by atoms with Crippen molar-refractivity contribution in [1.29, 1.82) is 0 Å². The summed E-state index contributed by atoms with van der Waals surface area (Å²) in [6.07, 6.45) is 4.47. The molecule has 1 N–H and O–H groups in total. The molecule has 4 heteroatoms. The lowest BCUT2D eigenvalue weighted by molar-refractivity contribution is 0.164. The molecule has 1 saturated heterocycles. The maximum atomic E-state index is 5.51. The van der Waals surface area contributed by atoms with Crippen LogP contribution in [0.2, 0.25) is 0 Å². The summed E-state index contributed by atoms with van der Waals surface area (Å²) in [7, 11) is 1.74. The molecule has 0 saturated carbocycles. The number of ether oxygens (including phenoxy) is 1. The molecule has 1 aliphatic rings. The van der Waals surface area contributed by atoms with Gasteiger partial charge in [0.15, 0.2) is 0 Å². The first-order valence-corrected chi connectivity index (χ1v) is 7.61. The molecular weight excluding hydrogens is 250 g/mol. The topological polar surface area (TPSA) is 37.4 Å². The van der Waals surface area contributed by atoms with E-state index in [1.165, 1.54) is 18.4 Å². The van der Waals surface area contributed by atoms with Crippen LogP contribution in [0.15, 0.2) is 6.20 Å². The molecule has 1 fully saturated rings. The van der Waals surface area contributed by atoms with Crippen molar-refractivity contribution in [2.24, 2.45) is 0 Å². The third kappa shape index (κ3) is 3.30. The number of hydrogen-bond acceptors (Lipinski definition) is 4. The van der Waals surface area contributed by atoms with Crippen LogP contribution in [0, 0.1) is 13.8 Å². The second kappa shape index (κ2) is 7.04. The van der Waals surface area contributed by atoms with Crippen LogP contribution in [0.4, 0.5) is 0 Å². The van der Waals surface area contributed by atoms with Gasteiger partial charge in [0.1, 0.15) is 5.75 Å². The molecule has 4 nitrogen and oxygen atoms in total. The zero-order valence-corrected chi connectivity index (χ0v) is 13.2. The van der Waals surface area contributed by atoms with E-state index in [4.69, 9.17) is 4.74 Å². The molecule has 20 heavy (non-hydrogen) atoms. The second-order valence-corrected chi connectivity index (χ2v) is 5.61. The van der Waals surface area contributed by atoms with E-state index in [1.807, 2.05) is 13.1 Å². The normalized spacial score (nSPS) is 19.4. The van der Waals surface area contributed by atoms with E-state index in [-0.39, 0.29) is 0 Å². The average Bonchev–Trinajstić information content (AvgIpc) is 2.48. The summed E-state index contributed by atoms with van der Waals surface area (Å²) in [6.45, 7) is 10.6. The Hall–Kier alpha value is -1.13. The third-order valence-corrected chi connectivity index (χ3v) is 4.30. The number of aromatic nitrogens is 1. The van der Waals surface area contributed by atoms with Crippen LogP contribution in [-0.2, 0) is 6.54 Å². The summed E-state index contributed by atoms with van der Waals surface area (Å²) in [5.41, 5.74) is 3.42. The van der Waals surface area contributed by atoms with Gasteiger partial charge in [0, 0.05) is 36.5 Å². The van der Waals surface area contributed by atoms with E-state index < -0.39 is 0 Å². The van der Waals surface area contributed by atoms with Gasteiger partial charge in [-0.2, -0.15) is 0 Å². The van der Waals surface area contributed by atoms with Crippen molar-refractivity contribution in [2.75, 3.05) is 26.7 Å². The van der Waals surface area contributed by atoms with Crippen LogP contribution in [-0.4, -0.2) is 42.7 Å². The van der Waals surface area contributed by atoms with E-state index >= 15 is 0 Å². The number of aryl methyl sites for hydroxylation is 1. The minimum Gasteiger partial charge on any atom is -0.496 e. The second-order valence-electron chi connectivity index (χ2n) is 5.61. The number of pyridine rings is 1. The molecule has 1 unspecified atom stereocenters. The fraction of sp³-hybridized carbons (Fsp3) is 0.688. The molecule has 0 bridgehead atoms. The van der Waals surface area contributed by atoms with E-state index in [1.54, 1.807) is 7.11 Å². The van der Waals surface area contributed by atoms with Crippen molar-refractivity contribution < 1.29 is 4.74 Å². The van der Waals surface area contributed by atoms with Gasteiger partial charge in [-0.15, -0.1) is 0 Å². The first-order valence-electron chi connectivity index (χ1n) is 7.61. The molecule has 0 radical (unpaired) electrons. The largest absolute Gasteiger partial charge is 0.496 e. The highest BCUT2D eigenvalue weighted by Gasteiger charge is 2.21. The highest BCUT2D eigenvalue weighted by molar-refractivity contribution is 5.41. The van der Waals surface area contributed by atoms with Gasteiger partial charge >= 0.3 is 0 Å². The van der Waals surface area contributed by atoms with Gasteiger partial charge in [-0.05, 0) is 39.8 Å². The smallest absolute Gasteiger partial charge is 0.128 e. The van der Waals surface area contributed by atoms with Crippen LogP contribution >= 0.6 is 0 Å². The maximum absolute atomic E-state index is 5.51. The fourth-order valence-electron chi connectivity index (χ4n) is 3.07. The van der Waals surface area contributed by atoms with Crippen LogP contribution in [0.25, 0.3) is 0 Å². The predicted octanol–water partition coefficient (Wildman–Crippen LogP) is 2.28. The van der Waals surface area contributed by atoms with E-state index in [2.05, 4.69) is 29.0 Å². The SMILES string of the molecule is CCN(Cc1ncc(C)c(OC)c1C)C1CCCNC1. The van der Waals surface area contributed by atoms with E-state index in [0.717, 1.165) is 43.2 Å². The summed E-state index contributed by atoms with van der Waals surface area (Å²) in [4.78, 5) is 7.15. The molecular formula is C16H27N3O. The average molecular weight is 277 g/mol. The van der Waals surface area contributed by atoms with Gasteiger partial charge in [-0.25, -0.2) is 0 Å². The molecule has 0 amide bonds. The molecule has 1 aromatic rings. The predicted molar refractivity (Wildman–Crippen MR) is 82.2 cm³/mol. The summed E-state index contributed by atoms with van der Waals surface area (Å²) >= 11 is 0. The Morgan fingerprint density at radius 1 is 1.45 bits per heavy atom. The Labute approximate surface area is 122 Å². The van der Waals surface area contributed by atoms with Gasteiger partial charge < -0.3 is 10.1 Å². The Bertz CT molecular complexity index is 442. The fourth-order valence-corrected chi connectivity index (χ4v) is 3.07. The standard InChI is InChI=1S/C16H27N3O/c1-5-19(14-7-6-8-17-10-14)11-15-13(3)16(20-4)12(2)9-18-15/h9,14,17H,5-8,10-11H2,1-4H3.